The van der Waals surface area contributed by atoms with E-state index in [0.29, 0.717) is 6.54 Å². The van der Waals surface area contributed by atoms with E-state index in [2.05, 4.69) is 29.5 Å². The lowest BCUT2D eigenvalue weighted by atomic mass is 9.80. The summed E-state index contributed by atoms with van der Waals surface area (Å²) in [6.07, 6.45) is 2.34. The van der Waals surface area contributed by atoms with Crippen LogP contribution in [0, 0.1) is 5.41 Å². The van der Waals surface area contributed by atoms with Crippen LogP contribution in [0.4, 0.5) is 0 Å². The van der Waals surface area contributed by atoms with Gasteiger partial charge in [-0.2, -0.15) is 0 Å². The number of nitrogens with one attached hydrogen (secondary N) is 2. The van der Waals surface area contributed by atoms with Gasteiger partial charge in [0.2, 0.25) is 5.91 Å². The Kier molecular flexibility index (Phi) is 4.54. The molecule has 1 fully saturated rings. The second kappa shape index (κ2) is 5.47. The quantitative estimate of drug-likeness (QED) is 0.694. The van der Waals surface area contributed by atoms with Crippen molar-refractivity contribution in [3.63, 3.8) is 0 Å². The zero-order chi connectivity index (χ0) is 11.3. The minimum Gasteiger partial charge on any atom is -0.354 e. The van der Waals surface area contributed by atoms with E-state index < -0.39 is 0 Å². The molecule has 0 bridgehead atoms. The molecule has 1 saturated heterocycles. The number of rotatable bonds is 4. The highest BCUT2D eigenvalue weighted by molar-refractivity contribution is 5.77. The summed E-state index contributed by atoms with van der Waals surface area (Å²) in [6, 6.07) is 0. The summed E-state index contributed by atoms with van der Waals surface area (Å²) in [7, 11) is 3.94. The van der Waals surface area contributed by atoms with Crippen molar-refractivity contribution >= 4 is 5.91 Å². The minimum absolute atomic E-state index is 0.0950. The van der Waals surface area contributed by atoms with Crippen LogP contribution in [0.25, 0.3) is 0 Å². The summed E-state index contributed by atoms with van der Waals surface area (Å²) in [4.78, 5) is 13.7. The van der Waals surface area contributed by atoms with Gasteiger partial charge in [-0.25, -0.2) is 0 Å². The Morgan fingerprint density at radius 3 is 2.53 bits per heavy atom. The van der Waals surface area contributed by atoms with Crippen LogP contribution in [0.3, 0.4) is 0 Å². The molecule has 1 heterocycles. The molecule has 0 aromatic carbocycles. The van der Waals surface area contributed by atoms with Crippen molar-refractivity contribution in [1.29, 1.82) is 0 Å². The Hall–Kier alpha value is -0.610. The number of likely N-dealkylation sites (tertiary alicyclic amines) is 1. The zero-order valence-corrected chi connectivity index (χ0v) is 10.1. The lowest BCUT2D eigenvalue weighted by Crippen LogP contribution is -2.44. The SMILES string of the molecule is CNCC(=O)NCC1(C)CCN(C)CC1. The maximum absolute atomic E-state index is 11.3. The normalized spacial score (nSPS) is 21.3. The van der Waals surface area contributed by atoms with Crippen molar-refractivity contribution in [3.05, 3.63) is 0 Å². The largest absolute Gasteiger partial charge is 0.354 e. The number of likely N-dealkylation sites (N-methyl/N-ethyl adjacent to an activating group) is 1. The van der Waals surface area contributed by atoms with E-state index in [1.165, 1.54) is 12.8 Å². The molecule has 1 aliphatic heterocycles. The molecule has 0 spiro atoms. The first-order chi connectivity index (χ1) is 7.06. The molecule has 0 atom stereocenters. The highest BCUT2D eigenvalue weighted by Gasteiger charge is 2.28. The molecular weight excluding hydrogens is 190 g/mol. The van der Waals surface area contributed by atoms with E-state index in [1.54, 1.807) is 7.05 Å². The van der Waals surface area contributed by atoms with E-state index >= 15 is 0 Å². The van der Waals surface area contributed by atoms with Gasteiger partial charge in [-0.15, -0.1) is 0 Å². The second-order valence-electron chi connectivity index (χ2n) is 4.92. The molecule has 0 aromatic rings. The lowest BCUT2D eigenvalue weighted by molar-refractivity contribution is -0.120. The number of amides is 1. The van der Waals surface area contributed by atoms with Crippen LogP contribution in [0.5, 0.6) is 0 Å². The van der Waals surface area contributed by atoms with Crippen LogP contribution in [0.2, 0.25) is 0 Å². The number of hydrogen-bond acceptors (Lipinski definition) is 3. The van der Waals surface area contributed by atoms with Crippen LogP contribution in [0.15, 0.2) is 0 Å². The van der Waals surface area contributed by atoms with E-state index in [0.717, 1.165) is 19.6 Å². The van der Waals surface area contributed by atoms with E-state index in [1.807, 2.05) is 0 Å². The number of hydrogen-bond donors (Lipinski definition) is 2. The van der Waals surface area contributed by atoms with Crippen LogP contribution in [-0.2, 0) is 4.79 Å². The van der Waals surface area contributed by atoms with E-state index in [4.69, 9.17) is 0 Å². The summed E-state index contributed by atoms with van der Waals surface area (Å²) >= 11 is 0. The van der Waals surface area contributed by atoms with Gasteiger partial charge in [0.25, 0.3) is 0 Å². The number of nitrogens with zero attached hydrogens (tertiary/aromatic N) is 1. The molecule has 0 aromatic heterocycles. The fraction of sp³-hybridized carbons (Fsp3) is 0.909. The van der Waals surface area contributed by atoms with E-state index in [-0.39, 0.29) is 11.3 Å². The topological polar surface area (TPSA) is 44.4 Å². The van der Waals surface area contributed by atoms with Gasteiger partial charge in [-0.1, -0.05) is 6.92 Å². The minimum atomic E-state index is 0.0950. The van der Waals surface area contributed by atoms with Gasteiger partial charge in [0.15, 0.2) is 0 Å². The van der Waals surface area contributed by atoms with Gasteiger partial charge in [-0.05, 0) is 45.4 Å². The van der Waals surface area contributed by atoms with Crippen LogP contribution >= 0.6 is 0 Å². The molecule has 1 amide bonds. The smallest absolute Gasteiger partial charge is 0.233 e. The molecule has 88 valence electrons. The molecule has 2 N–H and O–H groups in total. The lowest BCUT2D eigenvalue weighted by Gasteiger charge is -2.37. The van der Waals surface area contributed by atoms with Crippen molar-refractivity contribution in [2.45, 2.75) is 19.8 Å². The van der Waals surface area contributed by atoms with Crippen LogP contribution in [0.1, 0.15) is 19.8 Å². The third-order valence-electron chi connectivity index (χ3n) is 3.24. The van der Waals surface area contributed by atoms with Crippen LogP contribution < -0.4 is 10.6 Å². The van der Waals surface area contributed by atoms with Crippen LogP contribution in [-0.4, -0.2) is 51.1 Å². The Morgan fingerprint density at radius 2 is 2.00 bits per heavy atom. The summed E-state index contributed by atoms with van der Waals surface area (Å²) in [5.74, 6) is 0.0950. The van der Waals surface area contributed by atoms with Gasteiger partial charge in [0.05, 0.1) is 6.54 Å². The summed E-state index contributed by atoms with van der Waals surface area (Å²) in [6.45, 7) is 5.76. The Balaban J connectivity index is 2.27. The molecule has 1 aliphatic rings. The zero-order valence-electron chi connectivity index (χ0n) is 10.1. The molecule has 0 radical (unpaired) electrons. The molecule has 0 unspecified atom stereocenters. The molecule has 15 heavy (non-hydrogen) atoms. The molecule has 4 heteroatoms. The molecule has 1 rings (SSSR count). The number of carbonyl (C=O) groups is 1. The van der Waals surface area contributed by atoms with Gasteiger partial charge in [-0.3, -0.25) is 4.79 Å². The second-order valence-corrected chi connectivity index (χ2v) is 4.92. The predicted molar refractivity (Wildman–Crippen MR) is 61.8 cm³/mol. The third kappa shape index (κ3) is 4.18. The molecule has 0 saturated carbocycles. The number of piperidine rings is 1. The maximum atomic E-state index is 11.3. The van der Waals surface area contributed by atoms with E-state index in [9.17, 15) is 4.79 Å². The van der Waals surface area contributed by atoms with Gasteiger partial charge >= 0.3 is 0 Å². The Morgan fingerprint density at radius 1 is 1.40 bits per heavy atom. The average molecular weight is 213 g/mol. The van der Waals surface area contributed by atoms with Crippen molar-refractivity contribution in [2.24, 2.45) is 5.41 Å². The van der Waals surface area contributed by atoms with Crippen molar-refractivity contribution in [3.8, 4) is 0 Å². The maximum Gasteiger partial charge on any atom is 0.233 e. The Labute approximate surface area is 92.4 Å². The summed E-state index contributed by atoms with van der Waals surface area (Å²) in [5, 5.41) is 5.84. The first-order valence-corrected chi connectivity index (χ1v) is 5.66. The van der Waals surface area contributed by atoms with Crippen molar-refractivity contribution in [2.75, 3.05) is 40.3 Å². The summed E-state index contributed by atoms with van der Waals surface area (Å²) in [5.41, 5.74) is 0.288. The molecule has 4 nitrogen and oxygen atoms in total. The summed E-state index contributed by atoms with van der Waals surface area (Å²) < 4.78 is 0. The highest BCUT2D eigenvalue weighted by Crippen LogP contribution is 2.29. The molecular formula is C11H23N3O. The van der Waals surface area contributed by atoms with Crippen molar-refractivity contribution in [1.82, 2.24) is 15.5 Å². The first-order valence-electron chi connectivity index (χ1n) is 5.66. The standard InChI is InChI=1S/C11H23N3O/c1-11(4-6-14(3)7-5-11)9-13-10(15)8-12-2/h12H,4-9H2,1-3H3,(H,13,15). The fourth-order valence-electron chi connectivity index (χ4n) is 1.87. The predicted octanol–water partition coefficient (Wildman–Crippen LogP) is 0.0539. The third-order valence-corrected chi connectivity index (χ3v) is 3.24. The molecule has 0 aliphatic carbocycles. The first kappa shape index (κ1) is 12.5. The average Bonchev–Trinajstić information content (AvgIpc) is 2.21. The highest BCUT2D eigenvalue weighted by atomic mass is 16.1. The Bertz CT molecular complexity index is 210. The van der Waals surface area contributed by atoms with Gasteiger partial charge in [0, 0.05) is 6.54 Å². The monoisotopic (exact) mass is 213 g/mol. The number of carbonyl (C=O) groups excluding carboxylic acids is 1. The van der Waals surface area contributed by atoms with Gasteiger partial charge < -0.3 is 15.5 Å². The fourth-order valence-corrected chi connectivity index (χ4v) is 1.87. The van der Waals surface area contributed by atoms with Gasteiger partial charge in [0.1, 0.15) is 0 Å². The van der Waals surface area contributed by atoms with Crippen molar-refractivity contribution < 1.29 is 4.79 Å².